The molecule has 1 unspecified atom stereocenters. The van der Waals surface area contributed by atoms with E-state index in [2.05, 4.69) is 0 Å². The van der Waals surface area contributed by atoms with E-state index in [1.54, 1.807) is 72.8 Å². The van der Waals surface area contributed by atoms with E-state index in [4.69, 9.17) is 26.1 Å². The van der Waals surface area contributed by atoms with Crippen LogP contribution in [0.25, 0.3) is 10.2 Å². The summed E-state index contributed by atoms with van der Waals surface area (Å²) in [7, 11) is 3.05. The second kappa shape index (κ2) is 11.6. The first-order chi connectivity index (χ1) is 19.3. The monoisotopic (exact) mass is 592 g/mol. The van der Waals surface area contributed by atoms with Crippen LogP contribution in [0.2, 0.25) is 5.02 Å². The summed E-state index contributed by atoms with van der Waals surface area (Å²) in [4.78, 5) is 20.1. The molecule has 0 aliphatic rings. The first-order valence-electron chi connectivity index (χ1n) is 12.0. The zero-order valence-electron chi connectivity index (χ0n) is 21.7. The number of fused-ring (bicyclic) bond motifs is 1. The highest BCUT2D eigenvalue weighted by Gasteiger charge is 2.26. The van der Waals surface area contributed by atoms with E-state index in [9.17, 15) is 13.6 Å². The van der Waals surface area contributed by atoms with Gasteiger partial charge in [0.1, 0.15) is 0 Å². The molecule has 1 aromatic heterocycles. The number of amides is 1. The molecule has 0 aliphatic carbocycles. The molecule has 1 heterocycles. The summed E-state index contributed by atoms with van der Waals surface area (Å²) in [6, 6.07) is 24.3. The number of nitrogens with zero attached hydrogens (tertiary/aromatic N) is 3. The van der Waals surface area contributed by atoms with E-state index < -0.39 is 11.3 Å². The predicted molar refractivity (Wildman–Crippen MR) is 159 cm³/mol. The van der Waals surface area contributed by atoms with Crippen molar-refractivity contribution in [3.63, 3.8) is 0 Å². The highest BCUT2D eigenvalue weighted by Crippen LogP contribution is 2.41. The van der Waals surface area contributed by atoms with E-state index in [1.807, 2.05) is 19.1 Å². The average Bonchev–Trinajstić information content (AvgIpc) is 3.37. The molecule has 0 saturated heterocycles. The smallest absolute Gasteiger partial charge is 0.266 e. The van der Waals surface area contributed by atoms with Crippen LogP contribution in [0.15, 0.2) is 84.9 Å². The van der Waals surface area contributed by atoms with E-state index in [0.29, 0.717) is 54.5 Å². The van der Waals surface area contributed by atoms with E-state index >= 15 is 0 Å². The molecule has 5 rings (SSSR count). The second-order valence-corrected chi connectivity index (χ2v) is 10.8. The van der Waals surface area contributed by atoms with Gasteiger partial charge in [-0.25, -0.2) is 4.98 Å². The number of aromatic nitrogens is 1. The average molecular weight is 593 g/mol. The third kappa shape index (κ3) is 5.26. The molecular formula is C29H23ClN3O5S2-. The van der Waals surface area contributed by atoms with Gasteiger partial charge in [-0.3, -0.25) is 18.2 Å². The Balaban J connectivity index is 1.65. The van der Waals surface area contributed by atoms with Gasteiger partial charge in [-0.1, -0.05) is 53.3 Å². The van der Waals surface area contributed by atoms with Crippen LogP contribution in [0.3, 0.4) is 0 Å². The molecule has 0 radical (unpaired) electrons. The van der Waals surface area contributed by atoms with Gasteiger partial charge in [0.15, 0.2) is 16.6 Å². The van der Waals surface area contributed by atoms with Gasteiger partial charge in [0.05, 0.1) is 63.4 Å². The summed E-state index contributed by atoms with van der Waals surface area (Å²) in [5, 5.41) is 0.670. The minimum atomic E-state index is -2.57. The first-order valence-corrected chi connectivity index (χ1v) is 14.2. The lowest BCUT2D eigenvalue weighted by Crippen LogP contribution is -2.26. The Morgan fingerprint density at radius 3 is 2.33 bits per heavy atom. The Morgan fingerprint density at radius 1 is 0.925 bits per heavy atom. The van der Waals surface area contributed by atoms with Crippen molar-refractivity contribution in [1.29, 1.82) is 0 Å². The number of aryl methyl sites for hydroxylation is 1. The van der Waals surface area contributed by atoms with Crippen LogP contribution in [0.5, 0.6) is 11.5 Å². The second-order valence-electron chi connectivity index (χ2n) is 8.61. The summed E-state index contributed by atoms with van der Waals surface area (Å²) in [6.07, 6.45) is 0. The molecule has 0 bridgehead atoms. The SMILES string of the molecule is COc1ccc(N(C(=O)c2ccccc2Cl)c2nc3ccc(N(c4ccccc4C)S(=O)[O-])cc3s2)cc1OC. The Hall–Kier alpha value is -3.96. The van der Waals surface area contributed by atoms with E-state index in [-0.39, 0.29) is 5.91 Å². The number of carbonyl (C=O) groups is 1. The van der Waals surface area contributed by atoms with Crippen molar-refractivity contribution in [3.05, 3.63) is 101 Å². The Labute approximate surface area is 242 Å². The third-order valence-corrected chi connectivity index (χ3v) is 8.24. The Kier molecular flexibility index (Phi) is 8.04. The molecule has 5 aromatic rings. The van der Waals surface area contributed by atoms with Crippen molar-refractivity contribution in [2.24, 2.45) is 0 Å². The maximum atomic E-state index is 13.9. The molecule has 11 heteroatoms. The van der Waals surface area contributed by atoms with Crippen LogP contribution >= 0.6 is 22.9 Å². The number of halogens is 1. The van der Waals surface area contributed by atoms with Crippen LogP contribution in [0, 0.1) is 6.92 Å². The fourth-order valence-electron chi connectivity index (χ4n) is 4.25. The van der Waals surface area contributed by atoms with Gasteiger partial charge in [-0.05, 0) is 61.0 Å². The minimum Gasteiger partial charge on any atom is -0.755 e. The van der Waals surface area contributed by atoms with Crippen molar-refractivity contribution < 1.29 is 23.0 Å². The number of ether oxygens (including phenoxy) is 2. The quantitative estimate of drug-likeness (QED) is 0.177. The molecule has 4 aromatic carbocycles. The molecule has 40 heavy (non-hydrogen) atoms. The number of benzene rings is 4. The maximum absolute atomic E-state index is 13.9. The van der Waals surface area contributed by atoms with Crippen LogP contribution in [-0.2, 0) is 11.3 Å². The van der Waals surface area contributed by atoms with E-state index in [0.717, 1.165) is 5.56 Å². The minimum absolute atomic E-state index is 0.298. The Bertz CT molecular complexity index is 1740. The van der Waals surface area contributed by atoms with Crippen LogP contribution in [-0.4, -0.2) is 33.9 Å². The number of hydrogen-bond acceptors (Lipinski definition) is 7. The fourth-order valence-corrected chi connectivity index (χ4v) is 6.14. The Morgan fingerprint density at radius 2 is 1.62 bits per heavy atom. The summed E-state index contributed by atoms with van der Waals surface area (Å²) in [6.45, 7) is 1.85. The summed E-state index contributed by atoms with van der Waals surface area (Å²) >= 11 is 5.08. The molecule has 0 spiro atoms. The normalized spacial score (nSPS) is 11.7. The number of rotatable bonds is 8. The van der Waals surface area contributed by atoms with Crippen molar-refractivity contribution in [2.75, 3.05) is 23.4 Å². The van der Waals surface area contributed by atoms with Gasteiger partial charge in [-0.2, -0.15) is 0 Å². The standard InChI is InChI=1S/C29H24ClN3O5S2/c1-18-8-4-7-11-24(18)33(40(35)36)20-12-14-23-27(17-20)39-29(31-23)32(28(34)21-9-5-6-10-22(21)30)19-13-15-25(37-2)26(16-19)38-3/h4-17H,1-3H3,(H,35,36)/p-1. The molecule has 0 aliphatic heterocycles. The summed E-state index contributed by atoms with van der Waals surface area (Å²) < 4.78 is 37.4. The molecule has 0 saturated carbocycles. The van der Waals surface area contributed by atoms with Gasteiger partial charge in [0, 0.05) is 6.07 Å². The van der Waals surface area contributed by atoms with Gasteiger partial charge < -0.3 is 14.0 Å². The van der Waals surface area contributed by atoms with Crippen LogP contribution < -0.4 is 18.7 Å². The predicted octanol–water partition coefficient (Wildman–Crippen LogP) is 7.19. The molecule has 204 valence electrons. The van der Waals surface area contributed by atoms with E-state index in [1.165, 1.54) is 34.8 Å². The maximum Gasteiger partial charge on any atom is 0.266 e. The fraction of sp³-hybridized carbons (Fsp3) is 0.103. The van der Waals surface area contributed by atoms with Crippen molar-refractivity contribution >= 4 is 72.5 Å². The number of para-hydroxylation sites is 1. The number of methoxy groups -OCH3 is 2. The lowest BCUT2D eigenvalue weighted by molar-refractivity contribution is 0.0999. The molecule has 0 N–H and O–H groups in total. The molecule has 8 nitrogen and oxygen atoms in total. The molecular weight excluding hydrogens is 570 g/mol. The number of anilines is 4. The largest absolute Gasteiger partial charge is 0.755 e. The number of thiazole rings is 1. The van der Waals surface area contributed by atoms with Gasteiger partial charge in [0.2, 0.25) is 0 Å². The highest BCUT2D eigenvalue weighted by atomic mass is 35.5. The zero-order valence-corrected chi connectivity index (χ0v) is 24.0. The topological polar surface area (TPSA) is 95.0 Å². The van der Waals surface area contributed by atoms with Gasteiger partial charge in [-0.15, -0.1) is 0 Å². The van der Waals surface area contributed by atoms with Crippen molar-refractivity contribution in [1.82, 2.24) is 4.98 Å². The number of hydrogen-bond donors (Lipinski definition) is 0. The van der Waals surface area contributed by atoms with Gasteiger partial charge in [0.25, 0.3) is 5.91 Å². The lowest BCUT2D eigenvalue weighted by atomic mass is 10.1. The van der Waals surface area contributed by atoms with Crippen molar-refractivity contribution in [3.8, 4) is 11.5 Å². The van der Waals surface area contributed by atoms with Crippen LogP contribution in [0.1, 0.15) is 15.9 Å². The highest BCUT2D eigenvalue weighted by molar-refractivity contribution is 7.81. The molecule has 0 fully saturated rings. The summed E-state index contributed by atoms with van der Waals surface area (Å²) in [5.41, 5.74) is 3.18. The molecule has 1 atom stereocenters. The zero-order chi connectivity index (χ0) is 28.4. The molecule has 1 amide bonds. The van der Waals surface area contributed by atoms with Crippen LogP contribution in [0.4, 0.5) is 22.2 Å². The first kappa shape index (κ1) is 27.6. The summed E-state index contributed by atoms with van der Waals surface area (Å²) in [5.74, 6) is 0.554. The van der Waals surface area contributed by atoms with Gasteiger partial charge >= 0.3 is 0 Å². The number of carbonyl (C=O) groups excluding carboxylic acids is 1. The lowest BCUT2D eigenvalue weighted by Gasteiger charge is -2.27. The third-order valence-electron chi connectivity index (χ3n) is 6.20. The van der Waals surface area contributed by atoms with Crippen molar-refractivity contribution in [2.45, 2.75) is 6.92 Å².